The Morgan fingerprint density at radius 3 is 2.56 bits per heavy atom. The van der Waals surface area contributed by atoms with Crippen LogP contribution in [-0.4, -0.2) is 47.4 Å². The lowest BCUT2D eigenvalue weighted by Crippen LogP contribution is -2.25. The maximum Gasteiger partial charge on any atom is 0.257 e. The second-order valence-corrected chi connectivity index (χ2v) is 9.30. The molecule has 0 aliphatic heterocycles. The molecule has 1 amide bonds. The van der Waals surface area contributed by atoms with E-state index in [9.17, 15) is 4.79 Å². The Morgan fingerprint density at radius 1 is 1.11 bits per heavy atom. The van der Waals surface area contributed by atoms with Crippen molar-refractivity contribution in [2.45, 2.75) is 32.1 Å². The predicted molar refractivity (Wildman–Crippen MR) is 147 cm³/mol. The van der Waals surface area contributed by atoms with Crippen LogP contribution in [0, 0.1) is 0 Å². The molecule has 3 N–H and O–H groups in total. The molecule has 8 heteroatoms. The third kappa shape index (κ3) is 4.79. The first-order valence-electron chi connectivity index (χ1n) is 12.4. The highest BCUT2D eigenvalue weighted by Crippen LogP contribution is 2.28. The molecule has 0 bridgehead atoms. The van der Waals surface area contributed by atoms with Gasteiger partial charge in [0.2, 0.25) is 0 Å². The molecule has 1 aliphatic rings. The number of hydrogen-bond acceptors (Lipinski definition) is 6. The summed E-state index contributed by atoms with van der Waals surface area (Å²) in [6, 6.07) is 15.6. The number of carbonyl (C=O) groups excluding carboxylic acids is 1. The van der Waals surface area contributed by atoms with E-state index in [2.05, 4.69) is 16.5 Å². The van der Waals surface area contributed by atoms with Gasteiger partial charge in [0.25, 0.3) is 5.91 Å². The van der Waals surface area contributed by atoms with E-state index in [0.29, 0.717) is 34.3 Å². The monoisotopic (exact) mass is 481 g/mol. The fourth-order valence-corrected chi connectivity index (χ4v) is 4.53. The molecular weight excluding hydrogens is 450 g/mol. The maximum atomic E-state index is 13.3. The standard InChI is InChI=1S/C28H31N7O/c1-34(2)21-14-12-20(13-15-21)18-31-35-26(29)24(28(36)30-17-16-19-8-4-3-5-9-19)25-27(35)33-23-11-7-6-10-22(23)32-25/h6-8,10-15,18H,3-5,9,16-17,29H2,1-2H3,(H,30,36)/b31-18-. The minimum atomic E-state index is -0.261. The fourth-order valence-electron chi connectivity index (χ4n) is 4.53. The number of hydrogen-bond donors (Lipinski definition) is 2. The molecule has 0 fully saturated rings. The Hall–Kier alpha value is -4.20. The van der Waals surface area contributed by atoms with Crippen molar-refractivity contribution >= 4 is 45.8 Å². The van der Waals surface area contributed by atoms with Crippen LogP contribution < -0.4 is 16.0 Å². The highest BCUT2D eigenvalue weighted by molar-refractivity contribution is 6.10. The number of anilines is 2. The first-order valence-corrected chi connectivity index (χ1v) is 12.4. The summed E-state index contributed by atoms with van der Waals surface area (Å²) in [7, 11) is 3.99. The van der Waals surface area contributed by atoms with E-state index in [4.69, 9.17) is 15.7 Å². The van der Waals surface area contributed by atoms with Crippen molar-refractivity contribution in [3.05, 3.63) is 71.3 Å². The largest absolute Gasteiger partial charge is 0.383 e. The number of nitrogens with zero attached hydrogens (tertiary/aromatic N) is 5. The summed E-state index contributed by atoms with van der Waals surface area (Å²) in [6.07, 6.45) is 9.56. The molecule has 4 aromatic rings. The highest BCUT2D eigenvalue weighted by atomic mass is 16.1. The number of benzene rings is 2. The summed E-state index contributed by atoms with van der Waals surface area (Å²) in [4.78, 5) is 24.8. The quantitative estimate of drug-likeness (QED) is 0.293. The third-order valence-corrected chi connectivity index (χ3v) is 6.55. The molecule has 0 unspecified atom stereocenters. The van der Waals surface area contributed by atoms with Crippen molar-refractivity contribution in [2.75, 3.05) is 31.3 Å². The number of nitrogen functional groups attached to an aromatic ring is 1. The van der Waals surface area contributed by atoms with Crippen LogP contribution in [0.1, 0.15) is 48.0 Å². The Bertz CT molecular complexity index is 1470. The predicted octanol–water partition coefficient (Wildman–Crippen LogP) is 4.74. The molecule has 0 radical (unpaired) electrons. The van der Waals surface area contributed by atoms with Gasteiger partial charge in [0, 0.05) is 26.3 Å². The summed E-state index contributed by atoms with van der Waals surface area (Å²) in [5.74, 6) is -0.0429. The second-order valence-electron chi connectivity index (χ2n) is 9.30. The molecule has 5 rings (SSSR count). The van der Waals surface area contributed by atoms with Crippen molar-refractivity contribution < 1.29 is 4.79 Å². The number of para-hydroxylation sites is 2. The molecule has 1 aliphatic carbocycles. The number of aromatic nitrogens is 3. The lowest BCUT2D eigenvalue weighted by molar-refractivity contribution is 0.0956. The van der Waals surface area contributed by atoms with Crippen LogP contribution in [0.3, 0.4) is 0 Å². The zero-order valence-electron chi connectivity index (χ0n) is 20.7. The van der Waals surface area contributed by atoms with Crippen LogP contribution in [0.2, 0.25) is 0 Å². The molecule has 2 aromatic heterocycles. The third-order valence-electron chi connectivity index (χ3n) is 6.55. The van der Waals surface area contributed by atoms with Gasteiger partial charge >= 0.3 is 0 Å². The van der Waals surface area contributed by atoms with Gasteiger partial charge in [-0.15, -0.1) is 0 Å². The molecular formula is C28H31N7O. The first kappa shape index (κ1) is 23.5. The van der Waals surface area contributed by atoms with Gasteiger partial charge in [-0.3, -0.25) is 4.79 Å². The van der Waals surface area contributed by atoms with Crippen LogP contribution >= 0.6 is 0 Å². The molecule has 0 saturated carbocycles. The molecule has 8 nitrogen and oxygen atoms in total. The summed E-state index contributed by atoms with van der Waals surface area (Å²) in [5, 5.41) is 7.64. The van der Waals surface area contributed by atoms with Gasteiger partial charge in [-0.05, 0) is 61.9 Å². The van der Waals surface area contributed by atoms with Crippen molar-refractivity contribution in [2.24, 2.45) is 5.10 Å². The SMILES string of the molecule is CN(C)c1ccc(/C=N\n2c(N)c(C(=O)NCCC3=CCCCC3)c3nc4ccccc4nc32)cc1. The number of rotatable bonds is 7. The normalized spacial score (nSPS) is 13.9. The molecule has 0 atom stereocenters. The topological polar surface area (TPSA) is 101 Å². The molecule has 184 valence electrons. The number of carbonyl (C=O) groups is 1. The van der Waals surface area contributed by atoms with Gasteiger partial charge in [-0.1, -0.05) is 35.9 Å². The number of nitrogens with one attached hydrogen (secondary N) is 1. The maximum absolute atomic E-state index is 13.3. The second kappa shape index (κ2) is 10.2. The van der Waals surface area contributed by atoms with Crippen LogP contribution in [0.25, 0.3) is 22.2 Å². The zero-order chi connectivity index (χ0) is 25.1. The summed E-state index contributed by atoms with van der Waals surface area (Å²) in [5.41, 5.74) is 12.5. The number of allylic oxidation sites excluding steroid dienone is 1. The van der Waals surface area contributed by atoms with Gasteiger partial charge in [0.15, 0.2) is 5.65 Å². The lowest BCUT2D eigenvalue weighted by Gasteiger charge is -2.13. The van der Waals surface area contributed by atoms with Gasteiger partial charge in [0.1, 0.15) is 16.9 Å². The van der Waals surface area contributed by atoms with Crippen molar-refractivity contribution in [1.29, 1.82) is 0 Å². The van der Waals surface area contributed by atoms with Crippen LogP contribution in [0.15, 0.2) is 65.3 Å². The number of fused-ring (bicyclic) bond motifs is 2. The smallest absolute Gasteiger partial charge is 0.257 e. The minimum absolute atomic E-state index is 0.218. The highest BCUT2D eigenvalue weighted by Gasteiger charge is 2.24. The lowest BCUT2D eigenvalue weighted by atomic mass is 9.97. The van der Waals surface area contributed by atoms with Crippen molar-refractivity contribution in [3.63, 3.8) is 0 Å². The summed E-state index contributed by atoms with van der Waals surface area (Å²) in [6.45, 7) is 0.555. The Morgan fingerprint density at radius 2 is 1.86 bits per heavy atom. The van der Waals surface area contributed by atoms with E-state index >= 15 is 0 Å². The average Bonchev–Trinajstić information content (AvgIpc) is 3.16. The Kier molecular flexibility index (Phi) is 6.66. The van der Waals surface area contributed by atoms with E-state index in [-0.39, 0.29) is 11.7 Å². The molecule has 0 spiro atoms. The van der Waals surface area contributed by atoms with Crippen molar-refractivity contribution in [3.8, 4) is 0 Å². The van der Waals surface area contributed by atoms with E-state index in [1.807, 2.05) is 67.5 Å². The molecule has 2 heterocycles. The van der Waals surface area contributed by atoms with E-state index in [1.54, 1.807) is 6.21 Å². The van der Waals surface area contributed by atoms with E-state index in [0.717, 1.165) is 30.5 Å². The Labute approximate surface area is 210 Å². The number of amides is 1. The Balaban J connectivity index is 1.49. The van der Waals surface area contributed by atoms with Crippen molar-refractivity contribution in [1.82, 2.24) is 20.0 Å². The summed E-state index contributed by atoms with van der Waals surface area (Å²) < 4.78 is 1.51. The van der Waals surface area contributed by atoms with Gasteiger partial charge < -0.3 is 16.0 Å². The van der Waals surface area contributed by atoms with Crippen LogP contribution in [-0.2, 0) is 0 Å². The van der Waals surface area contributed by atoms with Gasteiger partial charge in [0.05, 0.1) is 17.2 Å². The van der Waals surface area contributed by atoms with E-state index < -0.39 is 0 Å². The minimum Gasteiger partial charge on any atom is -0.383 e. The zero-order valence-corrected chi connectivity index (χ0v) is 20.7. The molecule has 0 saturated heterocycles. The van der Waals surface area contributed by atoms with Crippen LogP contribution in [0.4, 0.5) is 11.5 Å². The van der Waals surface area contributed by atoms with E-state index in [1.165, 1.54) is 23.1 Å². The number of nitrogens with two attached hydrogens (primary N) is 1. The fraction of sp³-hybridized carbons (Fsp3) is 0.286. The van der Waals surface area contributed by atoms with Gasteiger partial charge in [-0.25, -0.2) is 9.97 Å². The molecule has 2 aromatic carbocycles. The average molecular weight is 482 g/mol. The first-order chi connectivity index (χ1) is 17.5. The molecule has 36 heavy (non-hydrogen) atoms. The van der Waals surface area contributed by atoms with Gasteiger partial charge in [-0.2, -0.15) is 9.78 Å². The summed E-state index contributed by atoms with van der Waals surface area (Å²) >= 11 is 0. The van der Waals surface area contributed by atoms with Crippen LogP contribution in [0.5, 0.6) is 0 Å².